The summed E-state index contributed by atoms with van der Waals surface area (Å²) < 4.78 is 27.0. The summed E-state index contributed by atoms with van der Waals surface area (Å²) in [5, 5.41) is 13.2. The zero-order valence-electron chi connectivity index (χ0n) is 13.6. The number of hydrogen-bond acceptors (Lipinski definition) is 5. The highest BCUT2D eigenvalue weighted by atomic mass is 32.2. The van der Waals surface area contributed by atoms with Gasteiger partial charge in [0, 0.05) is 11.3 Å². The molecule has 25 heavy (non-hydrogen) atoms. The molecule has 0 aliphatic carbocycles. The van der Waals surface area contributed by atoms with Gasteiger partial charge in [0.1, 0.15) is 10.3 Å². The van der Waals surface area contributed by atoms with Crippen molar-refractivity contribution < 1.29 is 23.1 Å². The number of sulfonamides is 1. The van der Waals surface area contributed by atoms with Crippen LogP contribution in [0.15, 0.2) is 46.0 Å². The van der Waals surface area contributed by atoms with Crippen LogP contribution in [-0.2, 0) is 14.8 Å². The summed E-state index contributed by atoms with van der Waals surface area (Å²) >= 11 is 1.08. The topological polar surface area (TPSA) is 113 Å². The maximum atomic E-state index is 12.3. The van der Waals surface area contributed by atoms with E-state index in [0.717, 1.165) is 11.3 Å². The molecule has 0 aliphatic heterocycles. The molecule has 0 unspecified atom stereocenters. The van der Waals surface area contributed by atoms with Gasteiger partial charge < -0.3 is 10.4 Å². The minimum atomic E-state index is -3.72. The second-order valence-corrected chi connectivity index (χ2v) is 8.51. The molecule has 0 fully saturated rings. The van der Waals surface area contributed by atoms with E-state index in [9.17, 15) is 18.0 Å². The number of anilines is 1. The minimum Gasteiger partial charge on any atom is -0.480 e. The van der Waals surface area contributed by atoms with Crippen LogP contribution in [0, 0.1) is 5.92 Å². The number of aliphatic carboxylic acids is 1. The SMILES string of the molecule is CC(C)[C@H](NC(=O)c1cccc(NS(=O)(=O)c2cccs2)c1)C(=O)O. The van der Waals surface area contributed by atoms with Gasteiger partial charge in [0.25, 0.3) is 15.9 Å². The third kappa shape index (κ3) is 4.80. The van der Waals surface area contributed by atoms with E-state index in [1.165, 1.54) is 30.3 Å². The quantitative estimate of drug-likeness (QED) is 0.681. The third-order valence-corrected chi connectivity index (χ3v) is 6.13. The molecule has 0 spiro atoms. The largest absolute Gasteiger partial charge is 0.480 e. The molecule has 9 heteroatoms. The van der Waals surface area contributed by atoms with Crippen molar-refractivity contribution in [1.82, 2.24) is 5.32 Å². The Morgan fingerprint density at radius 3 is 2.44 bits per heavy atom. The average molecular weight is 382 g/mol. The molecule has 2 rings (SSSR count). The van der Waals surface area contributed by atoms with E-state index in [0.29, 0.717) is 0 Å². The Balaban J connectivity index is 2.18. The summed E-state index contributed by atoms with van der Waals surface area (Å²) in [6.07, 6.45) is 0. The number of thiophene rings is 1. The monoisotopic (exact) mass is 382 g/mol. The number of amides is 1. The van der Waals surface area contributed by atoms with Crippen molar-refractivity contribution in [1.29, 1.82) is 0 Å². The Labute approximate surface area is 149 Å². The van der Waals surface area contributed by atoms with Crippen molar-refractivity contribution in [3.05, 3.63) is 47.3 Å². The van der Waals surface area contributed by atoms with Crippen molar-refractivity contribution in [2.24, 2.45) is 5.92 Å². The molecule has 1 atom stereocenters. The van der Waals surface area contributed by atoms with Crippen LogP contribution in [0.25, 0.3) is 0 Å². The first-order valence-electron chi connectivity index (χ1n) is 7.41. The van der Waals surface area contributed by atoms with Crippen LogP contribution in [0.4, 0.5) is 5.69 Å². The molecule has 0 bridgehead atoms. The molecule has 0 saturated carbocycles. The second-order valence-electron chi connectivity index (χ2n) is 5.65. The first-order chi connectivity index (χ1) is 11.7. The molecular weight excluding hydrogens is 364 g/mol. The number of carboxylic acids is 1. The fourth-order valence-electron chi connectivity index (χ4n) is 2.08. The second kappa shape index (κ2) is 7.66. The smallest absolute Gasteiger partial charge is 0.326 e. The van der Waals surface area contributed by atoms with Crippen LogP contribution >= 0.6 is 11.3 Å². The van der Waals surface area contributed by atoms with E-state index >= 15 is 0 Å². The summed E-state index contributed by atoms with van der Waals surface area (Å²) in [5.41, 5.74) is 0.385. The summed E-state index contributed by atoms with van der Waals surface area (Å²) in [6, 6.07) is 7.95. The summed E-state index contributed by atoms with van der Waals surface area (Å²) in [4.78, 5) is 23.4. The molecule has 1 amide bonds. The summed E-state index contributed by atoms with van der Waals surface area (Å²) in [7, 11) is -3.72. The molecule has 3 N–H and O–H groups in total. The summed E-state index contributed by atoms with van der Waals surface area (Å²) in [5.74, 6) is -2.00. The lowest BCUT2D eigenvalue weighted by atomic mass is 10.0. The standard InChI is InChI=1S/C16H18N2O5S2/c1-10(2)14(16(20)21)17-15(19)11-5-3-6-12(9-11)18-25(22,23)13-7-4-8-24-13/h3-10,14,18H,1-2H3,(H,17,19)(H,20,21)/t14-/m0/s1. The fraction of sp³-hybridized carbons (Fsp3) is 0.250. The number of carbonyl (C=O) groups is 2. The number of benzene rings is 1. The predicted octanol–water partition coefficient (Wildman–Crippen LogP) is 2.39. The van der Waals surface area contributed by atoms with E-state index < -0.39 is 27.9 Å². The van der Waals surface area contributed by atoms with Gasteiger partial charge in [0.05, 0.1) is 0 Å². The van der Waals surface area contributed by atoms with Crippen LogP contribution in [-0.4, -0.2) is 31.4 Å². The molecule has 1 aromatic carbocycles. The van der Waals surface area contributed by atoms with Gasteiger partial charge in [-0.15, -0.1) is 11.3 Å². The Morgan fingerprint density at radius 1 is 1.16 bits per heavy atom. The highest BCUT2D eigenvalue weighted by Crippen LogP contribution is 2.21. The van der Waals surface area contributed by atoms with Crippen molar-refractivity contribution in [3.63, 3.8) is 0 Å². The fourth-order valence-corrected chi connectivity index (χ4v) is 4.13. The van der Waals surface area contributed by atoms with Gasteiger partial charge in [0.2, 0.25) is 0 Å². The maximum absolute atomic E-state index is 12.3. The molecule has 1 aromatic heterocycles. The van der Waals surface area contributed by atoms with Crippen molar-refractivity contribution in [3.8, 4) is 0 Å². The van der Waals surface area contributed by atoms with E-state index in [2.05, 4.69) is 10.0 Å². The molecular formula is C16H18N2O5S2. The van der Waals surface area contributed by atoms with Crippen LogP contribution < -0.4 is 10.0 Å². The van der Waals surface area contributed by atoms with Crippen molar-refractivity contribution >= 4 is 38.9 Å². The third-order valence-electron chi connectivity index (χ3n) is 3.36. The lowest BCUT2D eigenvalue weighted by molar-refractivity contribution is -0.140. The average Bonchev–Trinajstić information content (AvgIpc) is 3.07. The van der Waals surface area contributed by atoms with Gasteiger partial charge in [-0.05, 0) is 35.6 Å². The molecule has 0 radical (unpaired) electrons. The van der Waals surface area contributed by atoms with Gasteiger partial charge in [-0.3, -0.25) is 9.52 Å². The number of hydrogen-bond donors (Lipinski definition) is 3. The zero-order valence-corrected chi connectivity index (χ0v) is 15.2. The normalized spacial score (nSPS) is 12.6. The van der Waals surface area contributed by atoms with Crippen LogP contribution in [0.1, 0.15) is 24.2 Å². The van der Waals surface area contributed by atoms with Crippen molar-refractivity contribution in [2.75, 3.05) is 4.72 Å². The van der Waals surface area contributed by atoms with E-state index in [-0.39, 0.29) is 21.4 Å². The molecule has 2 aromatic rings. The van der Waals surface area contributed by atoms with E-state index in [1.807, 2.05) is 0 Å². The van der Waals surface area contributed by atoms with E-state index in [4.69, 9.17) is 5.11 Å². The first kappa shape index (κ1) is 18.9. The molecule has 0 saturated heterocycles. The Bertz CT molecular complexity index is 860. The number of carboxylic acid groups (broad SMARTS) is 1. The molecule has 0 aliphatic rings. The van der Waals surface area contributed by atoms with Crippen molar-refractivity contribution in [2.45, 2.75) is 24.1 Å². The Hall–Kier alpha value is -2.39. The lowest BCUT2D eigenvalue weighted by Gasteiger charge is -2.18. The Morgan fingerprint density at radius 2 is 1.88 bits per heavy atom. The minimum absolute atomic E-state index is 0.160. The number of nitrogens with one attached hydrogen (secondary N) is 2. The zero-order chi connectivity index (χ0) is 18.6. The maximum Gasteiger partial charge on any atom is 0.326 e. The highest BCUT2D eigenvalue weighted by molar-refractivity contribution is 7.94. The van der Waals surface area contributed by atoms with Gasteiger partial charge in [0.15, 0.2) is 0 Å². The van der Waals surface area contributed by atoms with Crippen LogP contribution in [0.2, 0.25) is 0 Å². The molecule has 1 heterocycles. The molecule has 7 nitrogen and oxygen atoms in total. The Kier molecular flexibility index (Phi) is 5.81. The number of rotatable bonds is 7. The summed E-state index contributed by atoms with van der Waals surface area (Å²) in [6.45, 7) is 3.37. The van der Waals surface area contributed by atoms with Crippen LogP contribution in [0.5, 0.6) is 0 Å². The van der Waals surface area contributed by atoms with Gasteiger partial charge in [-0.2, -0.15) is 0 Å². The lowest BCUT2D eigenvalue weighted by Crippen LogP contribution is -2.44. The predicted molar refractivity (Wildman–Crippen MR) is 95.3 cm³/mol. The highest BCUT2D eigenvalue weighted by Gasteiger charge is 2.24. The van der Waals surface area contributed by atoms with E-state index in [1.54, 1.807) is 25.3 Å². The molecule has 134 valence electrons. The number of carbonyl (C=O) groups excluding carboxylic acids is 1. The van der Waals surface area contributed by atoms with Gasteiger partial charge in [-0.1, -0.05) is 26.0 Å². The first-order valence-corrected chi connectivity index (χ1v) is 9.77. The van der Waals surface area contributed by atoms with Crippen LogP contribution in [0.3, 0.4) is 0 Å². The van der Waals surface area contributed by atoms with Gasteiger partial charge in [-0.25, -0.2) is 13.2 Å². The van der Waals surface area contributed by atoms with Gasteiger partial charge >= 0.3 is 5.97 Å².